The van der Waals surface area contributed by atoms with Crippen molar-refractivity contribution in [2.75, 3.05) is 20.6 Å². The Morgan fingerprint density at radius 1 is 1.19 bits per heavy atom. The summed E-state index contributed by atoms with van der Waals surface area (Å²) in [6, 6.07) is 14.0. The summed E-state index contributed by atoms with van der Waals surface area (Å²) in [5, 5.41) is 0.722. The molecule has 0 N–H and O–H groups in total. The lowest BCUT2D eigenvalue weighted by atomic mass is 9.81. The fourth-order valence-corrected chi connectivity index (χ4v) is 3.84. The number of benzene rings is 2. The summed E-state index contributed by atoms with van der Waals surface area (Å²) < 4.78 is 6.41. The number of fused-ring (bicyclic) bond motifs is 1. The first-order valence-electron chi connectivity index (χ1n) is 9.17. The number of ether oxygens (including phenoxy) is 1. The molecule has 0 aliphatic carbocycles. The molecule has 3 rings (SSSR count). The van der Waals surface area contributed by atoms with Crippen molar-refractivity contribution in [3.05, 3.63) is 69.7 Å². The van der Waals surface area contributed by atoms with Crippen LogP contribution in [0.2, 0.25) is 5.02 Å². The highest BCUT2D eigenvalue weighted by atomic mass is 35.5. The van der Waals surface area contributed by atoms with Crippen LogP contribution in [0.15, 0.2) is 42.5 Å². The Bertz CT molecular complexity index is 785. The molecule has 1 aliphatic heterocycles. The van der Waals surface area contributed by atoms with E-state index in [1.165, 1.54) is 5.56 Å². The maximum absolute atomic E-state index is 12.1. The third kappa shape index (κ3) is 3.71. The Hall–Kier alpha value is -1.68. The van der Waals surface area contributed by atoms with E-state index in [1.807, 2.05) is 31.2 Å². The van der Waals surface area contributed by atoms with Crippen LogP contribution in [0.25, 0.3) is 0 Å². The second kappa shape index (κ2) is 7.91. The van der Waals surface area contributed by atoms with Gasteiger partial charge in [-0.2, -0.15) is 0 Å². The second-order valence-electron chi connectivity index (χ2n) is 7.18. The molecule has 0 saturated heterocycles. The normalized spacial score (nSPS) is 19.0. The number of halogens is 1. The highest BCUT2D eigenvalue weighted by Crippen LogP contribution is 2.45. The van der Waals surface area contributed by atoms with Crippen molar-refractivity contribution in [3.8, 4) is 0 Å². The third-order valence-corrected chi connectivity index (χ3v) is 5.35. The minimum Gasteiger partial charge on any atom is -0.361 e. The monoisotopic (exact) mass is 371 g/mol. The molecule has 2 aromatic carbocycles. The molecule has 1 aliphatic rings. The van der Waals surface area contributed by atoms with E-state index in [0.717, 1.165) is 41.1 Å². The summed E-state index contributed by atoms with van der Waals surface area (Å²) in [6.45, 7) is 3.43. The average molecular weight is 372 g/mol. The molecule has 138 valence electrons. The number of ketones is 1. The molecule has 26 heavy (non-hydrogen) atoms. The van der Waals surface area contributed by atoms with E-state index in [0.29, 0.717) is 13.0 Å². The van der Waals surface area contributed by atoms with Gasteiger partial charge in [0.15, 0.2) is 5.78 Å². The number of carbonyl (C=O) groups excluding carboxylic acids is 1. The zero-order valence-corrected chi connectivity index (χ0v) is 16.5. The molecule has 1 unspecified atom stereocenters. The summed E-state index contributed by atoms with van der Waals surface area (Å²) in [5.74, 6) is 0.171. The van der Waals surface area contributed by atoms with Crippen LogP contribution in [0.4, 0.5) is 0 Å². The maximum Gasteiger partial charge on any atom is 0.162 e. The van der Waals surface area contributed by atoms with E-state index in [-0.39, 0.29) is 5.78 Å². The molecule has 3 nitrogen and oxygen atoms in total. The van der Waals surface area contributed by atoms with Gasteiger partial charge in [0.05, 0.1) is 6.61 Å². The fourth-order valence-electron chi connectivity index (χ4n) is 3.72. The highest BCUT2D eigenvalue weighted by Gasteiger charge is 2.41. The lowest BCUT2D eigenvalue weighted by Gasteiger charge is -2.31. The third-order valence-electron chi connectivity index (χ3n) is 5.10. The van der Waals surface area contributed by atoms with Gasteiger partial charge in [-0.25, -0.2) is 0 Å². The van der Waals surface area contributed by atoms with Crippen molar-refractivity contribution < 1.29 is 9.53 Å². The molecule has 0 spiro atoms. The molecule has 1 heterocycles. The Kier molecular flexibility index (Phi) is 5.81. The molecule has 4 heteroatoms. The van der Waals surface area contributed by atoms with E-state index in [2.05, 4.69) is 37.2 Å². The van der Waals surface area contributed by atoms with Crippen LogP contribution in [0.3, 0.4) is 0 Å². The summed E-state index contributed by atoms with van der Waals surface area (Å²) in [5.41, 5.74) is 3.71. The first kappa shape index (κ1) is 19.1. The number of rotatable bonds is 7. The number of Topliss-reactive ketones (excluding diaryl/α,β-unsaturated/α-hetero) is 1. The van der Waals surface area contributed by atoms with Crippen molar-refractivity contribution in [2.45, 2.75) is 38.4 Å². The van der Waals surface area contributed by atoms with E-state index in [9.17, 15) is 4.79 Å². The fraction of sp³-hybridized carbons (Fsp3) is 0.409. The Labute approximate surface area is 160 Å². The predicted octanol–water partition coefficient (Wildman–Crippen LogP) is 5.05. The molecule has 1 atom stereocenters. The van der Waals surface area contributed by atoms with Crippen LogP contribution in [0.1, 0.15) is 53.2 Å². The van der Waals surface area contributed by atoms with Crippen LogP contribution in [-0.4, -0.2) is 31.3 Å². The molecular formula is C22H26ClNO2. The van der Waals surface area contributed by atoms with Gasteiger partial charge < -0.3 is 9.64 Å². The van der Waals surface area contributed by atoms with Gasteiger partial charge in [0.1, 0.15) is 5.60 Å². The Morgan fingerprint density at radius 3 is 2.58 bits per heavy atom. The standard InChI is InChI=1S/C22H26ClNO2/c1-4-21(25)16-6-11-20-17(14-16)15-26-22(20,12-5-13-24(2)3)18-7-9-19(23)10-8-18/h6-11,14H,4-5,12-13,15H2,1-3H3. The van der Waals surface area contributed by atoms with Gasteiger partial charge in [0.2, 0.25) is 0 Å². The number of hydrogen-bond donors (Lipinski definition) is 0. The predicted molar refractivity (Wildman–Crippen MR) is 106 cm³/mol. The van der Waals surface area contributed by atoms with Crippen LogP contribution in [0, 0.1) is 0 Å². The van der Waals surface area contributed by atoms with Gasteiger partial charge >= 0.3 is 0 Å². The first-order chi connectivity index (χ1) is 12.5. The van der Waals surface area contributed by atoms with Crippen molar-refractivity contribution in [1.82, 2.24) is 4.90 Å². The lowest BCUT2D eigenvalue weighted by molar-refractivity contribution is -0.0139. The van der Waals surface area contributed by atoms with Gasteiger partial charge in [0, 0.05) is 17.0 Å². The summed E-state index contributed by atoms with van der Waals surface area (Å²) in [7, 11) is 4.17. The SMILES string of the molecule is CCC(=O)c1ccc2c(c1)COC2(CCCN(C)C)c1ccc(Cl)cc1. The van der Waals surface area contributed by atoms with Gasteiger partial charge in [-0.3, -0.25) is 4.79 Å². The summed E-state index contributed by atoms with van der Waals surface area (Å²) in [4.78, 5) is 14.3. The lowest BCUT2D eigenvalue weighted by Crippen LogP contribution is -2.28. The van der Waals surface area contributed by atoms with Crippen molar-refractivity contribution in [1.29, 1.82) is 0 Å². The Balaban J connectivity index is 2.01. The molecule has 0 aromatic heterocycles. The quantitative estimate of drug-likeness (QED) is 0.638. The van der Waals surface area contributed by atoms with Crippen LogP contribution >= 0.6 is 11.6 Å². The van der Waals surface area contributed by atoms with E-state index in [1.54, 1.807) is 0 Å². The molecule has 0 radical (unpaired) electrons. The molecule has 2 aromatic rings. The molecule has 0 fully saturated rings. The van der Waals surface area contributed by atoms with Gasteiger partial charge in [-0.05, 0) is 68.4 Å². The van der Waals surface area contributed by atoms with Crippen LogP contribution in [0.5, 0.6) is 0 Å². The van der Waals surface area contributed by atoms with E-state index < -0.39 is 5.60 Å². The Morgan fingerprint density at radius 2 is 1.92 bits per heavy atom. The van der Waals surface area contributed by atoms with Crippen molar-refractivity contribution >= 4 is 17.4 Å². The first-order valence-corrected chi connectivity index (χ1v) is 9.55. The van der Waals surface area contributed by atoms with Gasteiger partial charge in [-0.15, -0.1) is 0 Å². The number of nitrogens with zero attached hydrogens (tertiary/aromatic N) is 1. The zero-order valence-electron chi connectivity index (χ0n) is 15.7. The minimum absolute atomic E-state index is 0.171. The molecule has 0 bridgehead atoms. The van der Waals surface area contributed by atoms with Gasteiger partial charge in [0.25, 0.3) is 0 Å². The largest absolute Gasteiger partial charge is 0.361 e. The smallest absolute Gasteiger partial charge is 0.162 e. The second-order valence-corrected chi connectivity index (χ2v) is 7.61. The van der Waals surface area contributed by atoms with Gasteiger partial charge in [-0.1, -0.05) is 42.8 Å². The summed E-state index contributed by atoms with van der Waals surface area (Å²) >= 11 is 6.10. The van der Waals surface area contributed by atoms with Crippen molar-refractivity contribution in [3.63, 3.8) is 0 Å². The number of carbonyl (C=O) groups is 1. The number of hydrogen-bond acceptors (Lipinski definition) is 3. The highest BCUT2D eigenvalue weighted by molar-refractivity contribution is 6.30. The summed E-state index contributed by atoms with van der Waals surface area (Å²) in [6.07, 6.45) is 2.43. The average Bonchev–Trinajstić information content (AvgIpc) is 3.00. The minimum atomic E-state index is -0.469. The molecular weight excluding hydrogens is 346 g/mol. The van der Waals surface area contributed by atoms with E-state index >= 15 is 0 Å². The van der Waals surface area contributed by atoms with Crippen LogP contribution in [-0.2, 0) is 16.9 Å². The maximum atomic E-state index is 12.1. The van der Waals surface area contributed by atoms with Crippen LogP contribution < -0.4 is 0 Å². The molecule has 0 saturated carbocycles. The molecule has 0 amide bonds. The topological polar surface area (TPSA) is 29.5 Å². The van der Waals surface area contributed by atoms with Crippen molar-refractivity contribution in [2.24, 2.45) is 0 Å². The zero-order chi connectivity index (χ0) is 18.7. The van der Waals surface area contributed by atoms with E-state index in [4.69, 9.17) is 16.3 Å².